The van der Waals surface area contributed by atoms with Gasteiger partial charge in [-0.2, -0.15) is 0 Å². The summed E-state index contributed by atoms with van der Waals surface area (Å²) in [5.74, 6) is 0.402. The van der Waals surface area contributed by atoms with E-state index in [2.05, 4.69) is 51.1 Å². The molecule has 3 rings (SSSR count). The number of benzene rings is 2. The number of ether oxygens (including phenoxy) is 1. The molecule has 23 heavy (non-hydrogen) atoms. The van der Waals surface area contributed by atoms with Gasteiger partial charge in [-0.15, -0.1) is 0 Å². The number of hydrogen-bond donors (Lipinski definition) is 0. The predicted molar refractivity (Wildman–Crippen MR) is 92.5 cm³/mol. The zero-order chi connectivity index (χ0) is 16.4. The summed E-state index contributed by atoms with van der Waals surface area (Å²) in [5.41, 5.74) is 2.94. The summed E-state index contributed by atoms with van der Waals surface area (Å²) in [4.78, 5) is 12.9. The standard InChI is InChI=1S/C21H24O2/c1-15(2)13-21(17-10-5-4-6-11-17)19(14-23-20(21)22)18-12-8-7-9-16(18)3/h4-12,15,19H,13-14H2,1-3H3/t19-,21-/m0/s1. The van der Waals surface area contributed by atoms with Gasteiger partial charge in [0.15, 0.2) is 0 Å². The maximum absolute atomic E-state index is 12.9. The SMILES string of the molecule is Cc1ccccc1[C@@H]1COC(=O)[C@@]1(CC(C)C)c1ccccc1. The molecule has 1 aliphatic rings. The van der Waals surface area contributed by atoms with Crippen LogP contribution in [-0.2, 0) is 14.9 Å². The quantitative estimate of drug-likeness (QED) is 0.770. The van der Waals surface area contributed by atoms with Crippen LogP contribution in [0.25, 0.3) is 0 Å². The Labute approximate surface area is 138 Å². The molecule has 0 amide bonds. The van der Waals surface area contributed by atoms with Gasteiger partial charge < -0.3 is 4.74 Å². The van der Waals surface area contributed by atoms with Crippen molar-refractivity contribution in [3.8, 4) is 0 Å². The molecule has 1 aliphatic heterocycles. The molecule has 0 aromatic heterocycles. The molecule has 1 fully saturated rings. The lowest BCUT2D eigenvalue weighted by Crippen LogP contribution is -2.38. The average molecular weight is 308 g/mol. The Morgan fingerprint density at radius 2 is 1.74 bits per heavy atom. The minimum atomic E-state index is -0.582. The smallest absolute Gasteiger partial charge is 0.317 e. The van der Waals surface area contributed by atoms with Crippen molar-refractivity contribution in [2.24, 2.45) is 5.92 Å². The molecule has 2 nitrogen and oxygen atoms in total. The maximum atomic E-state index is 12.9. The van der Waals surface area contributed by atoms with E-state index in [1.54, 1.807) is 0 Å². The number of aryl methyl sites for hydroxylation is 1. The van der Waals surface area contributed by atoms with Gasteiger partial charge in [0, 0.05) is 5.92 Å². The molecule has 0 spiro atoms. The fraction of sp³-hybridized carbons (Fsp3) is 0.381. The number of rotatable bonds is 4. The molecule has 0 radical (unpaired) electrons. The van der Waals surface area contributed by atoms with Crippen LogP contribution in [-0.4, -0.2) is 12.6 Å². The highest BCUT2D eigenvalue weighted by Gasteiger charge is 2.54. The van der Waals surface area contributed by atoms with Gasteiger partial charge in [-0.05, 0) is 36.0 Å². The van der Waals surface area contributed by atoms with E-state index in [0.29, 0.717) is 12.5 Å². The largest absolute Gasteiger partial charge is 0.464 e. The van der Waals surface area contributed by atoms with Crippen LogP contribution >= 0.6 is 0 Å². The summed E-state index contributed by atoms with van der Waals surface area (Å²) in [6.07, 6.45) is 0.800. The summed E-state index contributed by atoms with van der Waals surface area (Å²) in [6, 6.07) is 18.5. The van der Waals surface area contributed by atoms with E-state index >= 15 is 0 Å². The van der Waals surface area contributed by atoms with Crippen molar-refractivity contribution in [3.63, 3.8) is 0 Å². The van der Waals surface area contributed by atoms with Crippen molar-refractivity contribution < 1.29 is 9.53 Å². The highest BCUT2D eigenvalue weighted by molar-refractivity contribution is 5.87. The van der Waals surface area contributed by atoms with E-state index in [0.717, 1.165) is 12.0 Å². The first-order chi connectivity index (χ1) is 11.1. The Kier molecular flexibility index (Phi) is 4.25. The molecule has 0 bridgehead atoms. The number of carbonyl (C=O) groups excluding carboxylic acids is 1. The first-order valence-corrected chi connectivity index (χ1v) is 8.34. The second-order valence-corrected chi connectivity index (χ2v) is 6.94. The van der Waals surface area contributed by atoms with Crippen molar-refractivity contribution in [2.75, 3.05) is 6.61 Å². The zero-order valence-corrected chi connectivity index (χ0v) is 14.1. The number of hydrogen-bond acceptors (Lipinski definition) is 2. The molecule has 120 valence electrons. The van der Waals surface area contributed by atoms with Gasteiger partial charge in [-0.1, -0.05) is 68.4 Å². The van der Waals surface area contributed by atoms with E-state index in [1.807, 2.05) is 24.3 Å². The molecule has 2 aromatic carbocycles. The van der Waals surface area contributed by atoms with E-state index in [1.165, 1.54) is 11.1 Å². The Morgan fingerprint density at radius 3 is 2.39 bits per heavy atom. The number of carbonyl (C=O) groups is 1. The van der Waals surface area contributed by atoms with Gasteiger partial charge in [0.25, 0.3) is 0 Å². The fourth-order valence-corrected chi connectivity index (χ4v) is 3.95. The fourth-order valence-electron chi connectivity index (χ4n) is 3.95. The number of esters is 1. The van der Waals surface area contributed by atoms with Gasteiger partial charge in [0.05, 0.1) is 6.61 Å². The van der Waals surface area contributed by atoms with Crippen molar-refractivity contribution in [1.29, 1.82) is 0 Å². The van der Waals surface area contributed by atoms with Crippen molar-refractivity contribution in [3.05, 3.63) is 71.3 Å². The van der Waals surface area contributed by atoms with Crippen LogP contribution < -0.4 is 0 Å². The van der Waals surface area contributed by atoms with Gasteiger partial charge in [-0.3, -0.25) is 4.79 Å². The molecule has 0 saturated carbocycles. The molecule has 2 heteroatoms. The Hall–Kier alpha value is -2.09. The highest BCUT2D eigenvalue weighted by atomic mass is 16.5. The van der Waals surface area contributed by atoms with Gasteiger partial charge in [0.2, 0.25) is 0 Å². The molecule has 2 atom stereocenters. The second kappa shape index (κ2) is 6.19. The molecule has 1 heterocycles. The molecular formula is C21H24O2. The van der Waals surface area contributed by atoms with Crippen molar-refractivity contribution >= 4 is 5.97 Å². The van der Waals surface area contributed by atoms with Crippen molar-refractivity contribution in [2.45, 2.75) is 38.5 Å². The lowest BCUT2D eigenvalue weighted by atomic mass is 9.65. The average Bonchev–Trinajstić information content (AvgIpc) is 2.86. The zero-order valence-electron chi connectivity index (χ0n) is 14.1. The van der Waals surface area contributed by atoms with Crippen LogP contribution in [0.3, 0.4) is 0 Å². The van der Waals surface area contributed by atoms with Crippen LogP contribution in [0.5, 0.6) is 0 Å². The van der Waals surface area contributed by atoms with E-state index in [9.17, 15) is 4.79 Å². The third-order valence-electron chi connectivity index (χ3n) is 4.92. The summed E-state index contributed by atoms with van der Waals surface area (Å²) in [6.45, 7) is 6.92. The molecule has 1 saturated heterocycles. The Balaban J connectivity index is 2.18. The van der Waals surface area contributed by atoms with Crippen LogP contribution in [0.4, 0.5) is 0 Å². The van der Waals surface area contributed by atoms with Crippen LogP contribution in [0.2, 0.25) is 0 Å². The van der Waals surface area contributed by atoms with Crippen LogP contribution in [0, 0.1) is 12.8 Å². The summed E-state index contributed by atoms with van der Waals surface area (Å²) < 4.78 is 5.61. The third kappa shape index (κ3) is 2.67. The second-order valence-electron chi connectivity index (χ2n) is 6.94. The molecule has 0 aliphatic carbocycles. The molecule has 0 unspecified atom stereocenters. The maximum Gasteiger partial charge on any atom is 0.317 e. The lowest BCUT2D eigenvalue weighted by Gasteiger charge is -2.34. The molecule has 2 aromatic rings. The van der Waals surface area contributed by atoms with E-state index in [-0.39, 0.29) is 11.9 Å². The van der Waals surface area contributed by atoms with Crippen molar-refractivity contribution in [1.82, 2.24) is 0 Å². The Bertz CT molecular complexity index is 690. The summed E-state index contributed by atoms with van der Waals surface area (Å²) in [5, 5.41) is 0. The highest BCUT2D eigenvalue weighted by Crippen LogP contribution is 2.49. The topological polar surface area (TPSA) is 26.3 Å². The third-order valence-corrected chi connectivity index (χ3v) is 4.92. The van der Waals surface area contributed by atoms with Gasteiger partial charge in [-0.25, -0.2) is 0 Å². The predicted octanol–water partition coefficient (Wildman–Crippen LogP) is 4.62. The van der Waals surface area contributed by atoms with Gasteiger partial charge in [0.1, 0.15) is 5.41 Å². The van der Waals surface area contributed by atoms with Crippen LogP contribution in [0.15, 0.2) is 54.6 Å². The first-order valence-electron chi connectivity index (χ1n) is 8.34. The molecule has 0 N–H and O–H groups in total. The first kappa shape index (κ1) is 15.8. The summed E-state index contributed by atoms with van der Waals surface area (Å²) >= 11 is 0. The van der Waals surface area contributed by atoms with E-state index in [4.69, 9.17) is 4.74 Å². The van der Waals surface area contributed by atoms with Crippen LogP contribution in [0.1, 0.15) is 42.9 Å². The number of cyclic esters (lactones) is 1. The monoisotopic (exact) mass is 308 g/mol. The van der Waals surface area contributed by atoms with Gasteiger partial charge >= 0.3 is 5.97 Å². The minimum Gasteiger partial charge on any atom is -0.464 e. The normalized spacial score (nSPS) is 24.0. The lowest BCUT2D eigenvalue weighted by molar-refractivity contribution is -0.143. The Morgan fingerprint density at radius 1 is 1.09 bits per heavy atom. The van der Waals surface area contributed by atoms with E-state index < -0.39 is 5.41 Å². The minimum absolute atomic E-state index is 0.0704. The molecular weight excluding hydrogens is 284 g/mol. The summed E-state index contributed by atoms with van der Waals surface area (Å²) in [7, 11) is 0.